The lowest BCUT2D eigenvalue weighted by molar-refractivity contribution is -0.132. The number of unbranched alkanes of at least 4 members (excludes halogenated alkanes) is 15. The lowest BCUT2D eigenvalue weighted by Crippen LogP contribution is -2.45. The van der Waals surface area contributed by atoms with Crippen molar-refractivity contribution in [2.75, 3.05) is 42.2 Å². The highest BCUT2D eigenvalue weighted by Crippen LogP contribution is 2.20. The first-order chi connectivity index (χ1) is 21.5. The molecule has 0 saturated heterocycles. The third-order valence-corrected chi connectivity index (χ3v) is 13.6. The van der Waals surface area contributed by atoms with E-state index in [1.165, 1.54) is 77.0 Å². The molecule has 0 fully saturated rings. The Morgan fingerprint density at radius 3 is 1.38 bits per heavy atom. The maximum atomic E-state index is 11.6. The zero-order valence-electron chi connectivity index (χ0n) is 30.1. The molecule has 0 unspecified atom stereocenters. The van der Waals surface area contributed by atoms with Crippen LogP contribution in [0.15, 0.2) is 23.8 Å². The van der Waals surface area contributed by atoms with Gasteiger partial charge in [-0.1, -0.05) is 103 Å². The summed E-state index contributed by atoms with van der Waals surface area (Å²) in [6.07, 6.45) is 22.2. The van der Waals surface area contributed by atoms with Crippen molar-refractivity contribution in [2.45, 2.75) is 142 Å². The van der Waals surface area contributed by atoms with Crippen LogP contribution in [-0.2, 0) is 36.1 Å². The van der Waals surface area contributed by atoms with Crippen LogP contribution in [0.1, 0.15) is 130 Å². The first-order valence-electron chi connectivity index (χ1n) is 17.0. The van der Waals surface area contributed by atoms with E-state index in [0.717, 1.165) is 44.2 Å². The summed E-state index contributed by atoms with van der Waals surface area (Å²) in [6.45, 7) is 9.20. The fraction of sp³-hybridized carbons (Fsp3) is 0.824. The second-order valence-electron chi connectivity index (χ2n) is 11.7. The van der Waals surface area contributed by atoms with Crippen molar-refractivity contribution in [1.82, 2.24) is 0 Å². The van der Waals surface area contributed by atoms with Gasteiger partial charge in [-0.3, -0.25) is 4.79 Å². The molecular weight excluding hydrogens is 609 g/mol. The molecule has 1 N–H and O–H groups in total. The fourth-order valence-electron chi connectivity index (χ4n) is 4.76. The Morgan fingerprint density at radius 1 is 0.622 bits per heavy atom. The van der Waals surface area contributed by atoms with Crippen molar-refractivity contribution in [3.63, 3.8) is 0 Å². The first-order valence-corrected chi connectivity index (χ1v) is 20.9. The molecule has 0 aliphatic carbocycles. The van der Waals surface area contributed by atoms with Crippen molar-refractivity contribution in [3.8, 4) is 0 Å². The summed E-state index contributed by atoms with van der Waals surface area (Å²) < 4.78 is 32.9. The van der Waals surface area contributed by atoms with E-state index >= 15 is 0 Å². The van der Waals surface area contributed by atoms with Crippen LogP contribution in [0.5, 0.6) is 0 Å². The van der Waals surface area contributed by atoms with Gasteiger partial charge in [0.2, 0.25) is 0 Å². The molecule has 0 heterocycles. The molecular formula is C34H68O9Si2. The van der Waals surface area contributed by atoms with Gasteiger partial charge in [0, 0.05) is 53.2 Å². The van der Waals surface area contributed by atoms with E-state index in [2.05, 4.69) is 13.5 Å². The Balaban J connectivity index is 0. The Bertz CT molecular complexity index is 773. The molecule has 45 heavy (non-hydrogen) atoms. The van der Waals surface area contributed by atoms with Gasteiger partial charge in [-0.25, -0.2) is 4.79 Å². The zero-order chi connectivity index (χ0) is 34.4. The number of carboxylic acids is 1. The summed E-state index contributed by atoms with van der Waals surface area (Å²) in [6, 6.07) is 1.64. The van der Waals surface area contributed by atoms with Crippen LogP contribution in [0.25, 0.3) is 0 Å². The molecule has 0 rings (SSSR count). The summed E-state index contributed by atoms with van der Waals surface area (Å²) in [7, 11) is 3.12. The first kappa shape index (κ1) is 45.9. The van der Waals surface area contributed by atoms with Gasteiger partial charge in [0.05, 0.1) is 0 Å². The maximum Gasteiger partial charge on any atom is 0.500 e. The van der Waals surface area contributed by atoms with E-state index in [1.54, 1.807) is 49.4 Å². The number of carboxylic acid groups (broad SMARTS) is 1. The number of hydrogen-bond donors (Lipinski definition) is 1. The molecule has 0 saturated carbocycles. The third kappa shape index (κ3) is 24.6. The standard InChI is InChI=1S/C17H34O5Si.C17H34O4Si/c1-16(17(18)19)14-12-10-8-6-5-7-9-11-13-15-23(20-2,21-3)22-4;1-6-7-8-9-10-11-12-13-14-22(19-4,20-5)21-15-17(18)16(2)3/h14H,5-13,15H2,1-4H3,(H,18,19);2,6-15H2,1,3-5H3. The van der Waals surface area contributed by atoms with Crippen molar-refractivity contribution in [2.24, 2.45) is 0 Å². The van der Waals surface area contributed by atoms with Crippen LogP contribution in [0.2, 0.25) is 12.1 Å². The van der Waals surface area contributed by atoms with Crippen LogP contribution in [-0.4, -0.2) is 76.6 Å². The van der Waals surface area contributed by atoms with Gasteiger partial charge in [0.25, 0.3) is 0 Å². The molecule has 0 aromatic heterocycles. The molecule has 0 radical (unpaired) electrons. The largest absolute Gasteiger partial charge is 0.500 e. The van der Waals surface area contributed by atoms with Crippen molar-refractivity contribution >= 4 is 29.4 Å². The number of rotatable bonds is 30. The summed E-state index contributed by atoms with van der Waals surface area (Å²) in [4.78, 5) is 22.2. The molecule has 11 heteroatoms. The highest BCUT2D eigenvalue weighted by Gasteiger charge is 2.39. The monoisotopic (exact) mass is 676 g/mol. The molecule has 0 atom stereocenters. The van der Waals surface area contributed by atoms with Crippen LogP contribution < -0.4 is 0 Å². The number of hydrogen-bond acceptors (Lipinski definition) is 8. The quantitative estimate of drug-likeness (QED) is 0.0453. The number of aliphatic carboxylic acids is 1. The van der Waals surface area contributed by atoms with E-state index in [9.17, 15) is 9.59 Å². The molecule has 0 aliphatic heterocycles. The fourth-order valence-corrected chi connectivity index (χ4v) is 8.54. The number of carbonyl (C=O) groups excluding carboxylic acids is 1. The maximum absolute atomic E-state index is 11.6. The predicted octanol–water partition coefficient (Wildman–Crippen LogP) is 8.93. The van der Waals surface area contributed by atoms with Gasteiger partial charge in [-0.05, 0) is 45.1 Å². The van der Waals surface area contributed by atoms with Crippen LogP contribution in [0.3, 0.4) is 0 Å². The molecule has 0 bridgehead atoms. The molecule has 9 nitrogen and oxygen atoms in total. The molecule has 0 aromatic carbocycles. The van der Waals surface area contributed by atoms with Gasteiger partial charge in [-0.15, -0.1) is 0 Å². The molecule has 0 aliphatic rings. The van der Waals surface area contributed by atoms with Gasteiger partial charge < -0.3 is 31.7 Å². The van der Waals surface area contributed by atoms with E-state index in [1.807, 2.05) is 6.08 Å². The molecule has 266 valence electrons. The Kier molecular flexibility index (Phi) is 30.8. The number of ketones is 1. The molecule has 0 amide bonds. The minimum atomic E-state index is -2.70. The van der Waals surface area contributed by atoms with E-state index < -0.39 is 23.6 Å². The van der Waals surface area contributed by atoms with Crippen LogP contribution >= 0.6 is 0 Å². The van der Waals surface area contributed by atoms with Gasteiger partial charge in [0.15, 0.2) is 5.78 Å². The summed E-state index contributed by atoms with van der Waals surface area (Å²) in [5, 5.41) is 8.73. The van der Waals surface area contributed by atoms with Crippen LogP contribution in [0.4, 0.5) is 0 Å². The Hall–Kier alpha value is -1.19. The normalized spacial score (nSPS) is 12.1. The van der Waals surface area contributed by atoms with Crippen molar-refractivity contribution < 1.29 is 41.3 Å². The topological polar surface area (TPSA) is 110 Å². The van der Waals surface area contributed by atoms with Gasteiger partial charge in [-0.2, -0.15) is 0 Å². The number of carbonyl (C=O) groups is 2. The number of Topliss-reactive ketones (excluding diaryl/α,β-unsaturated/α-hetero) is 1. The highest BCUT2D eigenvalue weighted by atomic mass is 28.4. The second kappa shape index (κ2) is 30.2. The minimum Gasteiger partial charge on any atom is -0.478 e. The van der Waals surface area contributed by atoms with E-state index in [-0.39, 0.29) is 12.4 Å². The zero-order valence-corrected chi connectivity index (χ0v) is 32.1. The van der Waals surface area contributed by atoms with Gasteiger partial charge in [0.1, 0.15) is 6.61 Å². The summed E-state index contributed by atoms with van der Waals surface area (Å²) in [5.74, 6) is -0.908. The summed E-state index contributed by atoms with van der Waals surface area (Å²) >= 11 is 0. The minimum absolute atomic E-state index is 0.000251. The Morgan fingerprint density at radius 2 is 1.00 bits per heavy atom. The third-order valence-electron chi connectivity index (χ3n) is 8.02. The highest BCUT2D eigenvalue weighted by molar-refractivity contribution is 6.61. The van der Waals surface area contributed by atoms with Crippen molar-refractivity contribution in [1.29, 1.82) is 0 Å². The smallest absolute Gasteiger partial charge is 0.478 e. The van der Waals surface area contributed by atoms with Crippen molar-refractivity contribution in [3.05, 3.63) is 23.8 Å². The average Bonchev–Trinajstić information content (AvgIpc) is 3.04. The predicted molar refractivity (Wildman–Crippen MR) is 187 cm³/mol. The molecule has 0 spiro atoms. The lowest BCUT2D eigenvalue weighted by Gasteiger charge is -2.26. The lowest BCUT2D eigenvalue weighted by atomic mass is 10.1. The van der Waals surface area contributed by atoms with E-state index in [0.29, 0.717) is 11.1 Å². The summed E-state index contributed by atoms with van der Waals surface area (Å²) in [5.41, 5.74) is 0.954. The average molecular weight is 677 g/mol. The molecule has 0 aromatic rings. The Labute approximate surface area is 278 Å². The van der Waals surface area contributed by atoms with E-state index in [4.69, 9.17) is 31.7 Å². The SMILES string of the molecule is C=C(C)C(=O)CO[Si](CCCCCCCCCC)(OC)OC.CO[Si](CCCCCCCCCCC=C(C)C(=O)O)(OC)OC. The number of allylic oxidation sites excluding steroid dienone is 1. The van der Waals surface area contributed by atoms with Crippen LogP contribution in [0, 0.1) is 0 Å². The van der Waals surface area contributed by atoms with Gasteiger partial charge >= 0.3 is 23.6 Å². The second-order valence-corrected chi connectivity index (χ2v) is 17.7.